The predicted octanol–water partition coefficient (Wildman–Crippen LogP) is 4.43. The van der Waals surface area contributed by atoms with E-state index in [0.29, 0.717) is 18.2 Å². The Bertz CT molecular complexity index is 1510. The van der Waals surface area contributed by atoms with E-state index in [9.17, 15) is 13.2 Å². The van der Waals surface area contributed by atoms with Crippen molar-refractivity contribution < 1.29 is 17.9 Å². The summed E-state index contributed by atoms with van der Waals surface area (Å²) in [5.41, 5.74) is 3.54. The summed E-state index contributed by atoms with van der Waals surface area (Å²) in [7, 11) is -3.71. The number of morpholine rings is 1. The fraction of sp³-hybridized carbons (Fsp3) is 0.154. The molecule has 0 bridgehead atoms. The molecule has 9 heteroatoms. The number of hydrogen-bond donors (Lipinski definition) is 1. The van der Waals surface area contributed by atoms with Crippen molar-refractivity contribution in [3.8, 4) is 0 Å². The largest absolute Gasteiger partial charge is 0.379 e. The van der Waals surface area contributed by atoms with Gasteiger partial charge in [0, 0.05) is 35.0 Å². The molecule has 5 rings (SSSR count). The topological polar surface area (TPSA) is 88.1 Å². The van der Waals surface area contributed by atoms with E-state index in [1.165, 1.54) is 16.4 Å². The van der Waals surface area contributed by atoms with Gasteiger partial charge < -0.3 is 4.74 Å². The van der Waals surface area contributed by atoms with Gasteiger partial charge in [0.05, 0.1) is 29.3 Å². The number of nitrogens with one attached hydrogen (secondary N) is 1. The number of fused-ring (bicyclic) bond motifs is 2. The van der Waals surface area contributed by atoms with E-state index < -0.39 is 15.9 Å². The molecule has 1 N–H and O–H groups in total. The summed E-state index contributed by atoms with van der Waals surface area (Å²) in [5.74, 6) is -0.511. The molecule has 4 aromatic carbocycles. The zero-order valence-electron chi connectivity index (χ0n) is 18.6. The first kappa shape index (κ1) is 23.4. The van der Waals surface area contributed by atoms with Gasteiger partial charge in [0.15, 0.2) is 0 Å². The van der Waals surface area contributed by atoms with Crippen LogP contribution in [-0.2, 0) is 14.8 Å². The molecular formula is C26H22ClN3O4S. The van der Waals surface area contributed by atoms with Gasteiger partial charge in [-0.3, -0.25) is 4.79 Å². The third-order valence-electron chi connectivity index (χ3n) is 5.97. The summed E-state index contributed by atoms with van der Waals surface area (Å²) in [6.45, 7) is 1.27. The smallest absolute Gasteiger partial charge is 0.271 e. The van der Waals surface area contributed by atoms with Crippen molar-refractivity contribution >= 4 is 55.3 Å². The summed E-state index contributed by atoms with van der Waals surface area (Å²) in [5, 5.41) is 8.45. The Balaban J connectivity index is 1.43. The zero-order chi connectivity index (χ0) is 24.4. The van der Waals surface area contributed by atoms with Crippen molar-refractivity contribution in [1.29, 1.82) is 0 Å². The first-order chi connectivity index (χ1) is 17.0. The van der Waals surface area contributed by atoms with Crippen LogP contribution < -0.4 is 5.43 Å². The van der Waals surface area contributed by atoms with Gasteiger partial charge in [-0.25, -0.2) is 13.8 Å². The Labute approximate surface area is 208 Å². The molecule has 0 saturated carbocycles. The lowest BCUT2D eigenvalue weighted by atomic mass is 9.97. The number of halogens is 1. The number of benzene rings is 4. The van der Waals surface area contributed by atoms with Crippen LogP contribution in [0.4, 0.5) is 0 Å². The van der Waals surface area contributed by atoms with E-state index in [1.54, 1.807) is 18.3 Å². The second-order valence-corrected chi connectivity index (χ2v) is 10.4. The first-order valence-corrected chi connectivity index (χ1v) is 12.9. The van der Waals surface area contributed by atoms with Gasteiger partial charge in [0.25, 0.3) is 5.91 Å². The number of nitrogens with zero attached hydrogens (tertiary/aromatic N) is 2. The van der Waals surface area contributed by atoms with E-state index in [-0.39, 0.29) is 23.5 Å². The Kier molecular flexibility index (Phi) is 6.53. The van der Waals surface area contributed by atoms with Gasteiger partial charge >= 0.3 is 0 Å². The van der Waals surface area contributed by atoms with Gasteiger partial charge in [-0.2, -0.15) is 9.41 Å². The highest BCUT2D eigenvalue weighted by atomic mass is 35.5. The highest BCUT2D eigenvalue weighted by Crippen LogP contribution is 2.35. The molecule has 4 aromatic rings. The molecule has 0 spiro atoms. The second kappa shape index (κ2) is 9.75. The van der Waals surface area contributed by atoms with E-state index in [1.807, 2.05) is 48.5 Å². The lowest BCUT2D eigenvalue weighted by Crippen LogP contribution is -2.40. The molecular weight excluding hydrogens is 486 g/mol. The number of hydrogen-bond acceptors (Lipinski definition) is 5. The Morgan fingerprint density at radius 3 is 2.14 bits per heavy atom. The van der Waals surface area contributed by atoms with Crippen LogP contribution in [0.2, 0.25) is 5.02 Å². The van der Waals surface area contributed by atoms with E-state index in [0.717, 1.165) is 27.1 Å². The van der Waals surface area contributed by atoms with Crippen LogP contribution >= 0.6 is 11.6 Å². The van der Waals surface area contributed by atoms with Crippen molar-refractivity contribution in [1.82, 2.24) is 9.73 Å². The SMILES string of the molecule is O=C(N/N=C\c1c2ccccc2c(Cl)c2ccccc12)c1cccc(S(=O)(=O)N2CCOCC2)c1. The van der Waals surface area contributed by atoms with Crippen LogP contribution in [0.3, 0.4) is 0 Å². The molecule has 1 amide bonds. The van der Waals surface area contributed by atoms with Crippen molar-refractivity contribution in [3.05, 3.63) is 88.9 Å². The van der Waals surface area contributed by atoms with Gasteiger partial charge in [0.1, 0.15) is 0 Å². The summed E-state index contributed by atoms with van der Waals surface area (Å²) < 4.78 is 32.5. The third kappa shape index (κ3) is 4.53. The molecule has 0 atom stereocenters. The number of carbonyl (C=O) groups is 1. The number of amides is 1. The Morgan fingerprint density at radius 2 is 1.51 bits per heavy atom. The van der Waals surface area contributed by atoms with Crippen molar-refractivity contribution in [2.24, 2.45) is 5.10 Å². The van der Waals surface area contributed by atoms with E-state index in [4.69, 9.17) is 16.3 Å². The predicted molar refractivity (Wildman–Crippen MR) is 138 cm³/mol. The van der Waals surface area contributed by atoms with Crippen molar-refractivity contribution in [3.63, 3.8) is 0 Å². The molecule has 1 aliphatic heterocycles. The number of carbonyl (C=O) groups excluding carboxylic acids is 1. The number of sulfonamides is 1. The first-order valence-electron chi connectivity index (χ1n) is 11.1. The Hall–Kier alpha value is -3.30. The average Bonchev–Trinajstić information content (AvgIpc) is 2.91. The molecule has 1 aliphatic rings. The molecule has 7 nitrogen and oxygen atoms in total. The molecule has 1 fully saturated rings. The average molecular weight is 508 g/mol. The maximum atomic E-state index is 12.9. The van der Waals surface area contributed by atoms with Crippen LogP contribution in [-0.4, -0.2) is 51.1 Å². The van der Waals surface area contributed by atoms with Gasteiger partial charge in [-0.1, -0.05) is 66.2 Å². The minimum Gasteiger partial charge on any atom is -0.379 e. The second-order valence-electron chi connectivity index (χ2n) is 8.06. The zero-order valence-corrected chi connectivity index (χ0v) is 20.2. The summed E-state index contributed by atoms with van der Waals surface area (Å²) in [4.78, 5) is 12.9. The molecule has 0 aromatic heterocycles. The van der Waals surface area contributed by atoms with Crippen LogP contribution in [0.5, 0.6) is 0 Å². The fourth-order valence-corrected chi connectivity index (χ4v) is 5.99. The maximum absolute atomic E-state index is 12.9. The maximum Gasteiger partial charge on any atom is 0.271 e. The van der Waals surface area contributed by atoms with E-state index >= 15 is 0 Å². The molecule has 1 saturated heterocycles. The standard InChI is InChI=1S/C26H22ClN3O4S/c27-25-22-10-3-1-8-20(22)24(21-9-2-4-11-23(21)25)17-28-29-26(31)18-6-5-7-19(16-18)35(32,33)30-12-14-34-15-13-30/h1-11,16-17H,12-15H2,(H,29,31)/b28-17-. The molecule has 35 heavy (non-hydrogen) atoms. The molecule has 0 radical (unpaired) electrons. The molecule has 0 unspecified atom stereocenters. The normalized spacial score (nSPS) is 15.1. The molecule has 178 valence electrons. The van der Waals surface area contributed by atoms with Gasteiger partial charge in [-0.05, 0) is 29.0 Å². The van der Waals surface area contributed by atoms with Crippen LogP contribution in [0, 0.1) is 0 Å². The summed E-state index contributed by atoms with van der Waals surface area (Å²) in [6, 6.07) is 21.4. The lowest BCUT2D eigenvalue weighted by Gasteiger charge is -2.26. The van der Waals surface area contributed by atoms with Crippen molar-refractivity contribution in [2.45, 2.75) is 4.90 Å². The minimum atomic E-state index is -3.71. The monoisotopic (exact) mass is 507 g/mol. The molecule has 0 aliphatic carbocycles. The fourth-order valence-electron chi connectivity index (χ4n) is 4.20. The van der Waals surface area contributed by atoms with Crippen LogP contribution in [0.25, 0.3) is 21.5 Å². The number of ether oxygens (including phenoxy) is 1. The minimum absolute atomic E-state index is 0.0609. The van der Waals surface area contributed by atoms with Crippen LogP contribution in [0.15, 0.2) is 82.8 Å². The van der Waals surface area contributed by atoms with Gasteiger partial charge in [-0.15, -0.1) is 0 Å². The van der Waals surface area contributed by atoms with Crippen molar-refractivity contribution in [2.75, 3.05) is 26.3 Å². The van der Waals surface area contributed by atoms with E-state index in [2.05, 4.69) is 10.5 Å². The quantitative estimate of drug-likeness (QED) is 0.246. The highest BCUT2D eigenvalue weighted by molar-refractivity contribution is 7.89. The third-order valence-corrected chi connectivity index (χ3v) is 8.27. The Morgan fingerprint density at radius 1 is 0.914 bits per heavy atom. The molecule has 1 heterocycles. The summed E-state index contributed by atoms with van der Waals surface area (Å²) in [6.07, 6.45) is 1.59. The van der Waals surface area contributed by atoms with Crippen LogP contribution in [0.1, 0.15) is 15.9 Å². The number of rotatable bonds is 5. The lowest BCUT2D eigenvalue weighted by molar-refractivity contribution is 0.0730. The summed E-state index contributed by atoms with van der Waals surface area (Å²) >= 11 is 6.64. The highest BCUT2D eigenvalue weighted by Gasteiger charge is 2.26. The number of hydrazone groups is 1. The van der Waals surface area contributed by atoms with Gasteiger partial charge in [0.2, 0.25) is 10.0 Å².